The van der Waals surface area contributed by atoms with Crippen molar-refractivity contribution in [2.24, 2.45) is 0 Å². The van der Waals surface area contributed by atoms with Gasteiger partial charge in [0.2, 0.25) is 5.91 Å². The van der Waals surface area contributed by atoms with Crippen molar-refractivity contribution in [3.8, 4) is 11.5 Å². The van der Waals surface area contributed by atoms with E-state index < -0.39 is 0 Å². The fourth-order valence-electron chi connectivity index (χ4n) is 1.86. The molecule has 0 unspecified atom stereocenters. The molecule has 0 radical (unpaired) electrons. The maximum atomic E-state index is 12.0. The fraction of sp³-hybridized carbons (Fsp3) is 0.125. The van der Waals surface area contributed by atoms with E-state index in [0.717, 1.165) is 11.3 Å². The number of thiocarbonyl (C=S) groups is 1. The normalized spacial score (nSPS) is 10.0. The summed E-state index contributed by atoms with van der Waals surface area (Å²) in [7, 11) is 1.58. The zero-order chi connectivity index (χ0) is 16.8. The quantitative estimate of drug-likeness (QED) is 0.584. The number of methoxy groups -OCH3 is 1. The van der Waals surface area contributed by atoms with Crippen LogP contribution in [0.5, 0.6) is 11.5 Å². The number of ether oxygens (including phenoxy) is 1. The molecule has 2 rings (SSSR count). The Kier molecular flexibility index (Phi) is 5.78. The zero-order valence-corrected chi connectivity index (χ0v) is 13.9. The van der Waals surface area contributed by atoms with E-state index in [1.165, 1.54) is 12.1 Å². The van der Waals surface area contributed by atoms with Crippen LogP contribution in [0, 0.1) is 0 Å². The van der Waals surface area contributed by atoms with E-state index in [-0.39, 0.29) is 23.2 Å². The van der Waals surface area contributed by atoms with Gasteiger partial charge in [-0.15, -0.1) is 0 Å². The van der Waals surface area contributed by atoms with E-state index in [9.17, 15) is 9.90 Å². The van der Waals surface area contributed by atoms with Crippen LogP contribution in [-0.2, 0) is 11.2 Å². The van der Waals surface area contributed by atoms with Gasteiger partial charge < -0.3 is 20.5 Å². The number of anilines is 1. The smallest absolute Gasteiger partial charge is 0.230 e. The number of hydrogen-bond acceptors (Lipinski definition) is 4. The largest absolute Gasteiger partial charge is 0.506 e. The Balaban J connectivity index is 1.91. The third kappa shape index (κ3) is 5.12. The average molecular weight is 351 g/mol. The van der Waals surface area contributed by atoms with Gasteiger partial charge in [-0.05, 0) is 48.1 Å². The lowest BCUT2D eigenvalue weighted by Gasteiger charge is -2.11. The number of carbonyl (C=O) groups is 1. The first-order chi connectivity index (χ1) is 11.0. The summed E-state index contributed by atoms with van der Waals surface area (Å²) in [5, 5.41) is 15.5. The molecule has 1 amide bonds. The predicted octanol–water partition coefficient (Wildman–Crippen LogP) is 3.11. The second-order valence-corrected chi connectivity index (χ2v) is 5.53. The van der Waals surface area contributed by atoms with Gasteiger partial charge >= 0.3 is 0 Å². The van der Waals surface area contributed by atoms with Crippen molar-refractivity contribution < 1.29 is 14.6 Å². The third-order valence-corrected chi connectivity index (χ3v) is 3.42. The average Bonchev–Trinajstić information content (AvgIpc) is 2.51. The minimum atomic E-state index is -0.269. The van der Waals surface area contributed by atoms with Crippen molar-refractivity contribution in [2.45, 2.75) is 6.42 Å². The fourth-order valence-corrected chi connectivity index (χ4v) is 2.26. The zero-order valence-electron chi connectivity index (χ0n) is 12.3. The van der Waals surface area contributed by atoms with Crippen LogP contribution in [0.15, 0.2) is 42.5 Å². The van der Waals surface area contributed by atoms with Crippen LogP contribution in [0.1, 0.15) is 5.56 Å². The summed E-state index contributed by atoms with van der Waals surface area (Å²) in [5.74, 6) is 0.443. The lowest BCUT2D eigenvalue weighted by molar-refractivity contribution is -0.119. The number of aromatic hydroxyl groups is 1. The van der Waals surface area contributed by atoms with Crippen molar-refractivity contribution >= 4 is 40.5 Å². The Bertz CT molecular complexity index is 720. The molecule has 0 heterocycles. The molecule has 0 aromatic heterocycles. The van der Waals surface area contributed by atoms with Crippen molar-refractivity contribution in [3.63, 3.8) is 0 Å². The van der Waals surface area contributed by atoms with Crippen LogP contribution in [0.4, 0.5) is 5.69 Å². The molecule has 120 valence electrons. The highest BCUT2D eigenvalue weighted by atomic mass is 35.5. The molecule has 0 fully saturated rings. The van der Waals surface area contributed by atoms with Gasteiger partial charge in [-0.25, -0.2) is 0 Å². The topological polar surface area (TPSA) is 70.6 Å². The summed E-state index contributed by atoms with van der Waals surface area (Å²) in [6.07, 6.45) is 0.174. The molecule has 0 bridgehead atoms. The SMILES string of the molecule is COc1ccc(CC(=O)NC(=S)Nc2cc(Cl)ccc2O)cc1. The van der Waals surface area contributed by atoms with Gasteiger partial charge in [-0.2, -0.15) is 0 Å². The monoisotopic (exact) mass is 350 g/mol. The summed E-state index contributed by atoms with van der Waals surface area (Å²) in [4.78, 5) is 12.0. The molecule has 0 saturated heterocycles. The summed E-state index contributed by atoms with van der Waals surface area (Å²) in [6.45, 7) is 0. The number of benzene rings is 2. The van der Waals surface area contributed by atoms with E-state index >= 15 is 0 Å². The molecule has 0 aliphatic carbocycles. The molecule has 2 aromatic rings. The number of nitrogens with one attached hydrogen (secondary N) is 2. The Labute approximate surface area is 144 Å². The molecule has 0 saturated carbocycles. The maximum Gasteiger partial charge on any atom is 0.230 e. The molecular weight excluding hydrogens is 336 g/mol. The first kappa shape index (κ1) is 17.1. The minimum absolute atomic E-state index is 0.0128. The van der Waals surface area contributed by atoms with Gasteiger partial charge in [0.05, 0.1) is 19.2 Å². The number of rotatable bonds is 4. The molecule has 0 aliphatic heterocycles. The highest BCUT2D eigenvalue weighted by Crippen LogP contribution is 2.26. The lowest BCUT2D eigenvalue weighted by atomic mass is 10.1. The van der Waals surface area contributed by atoms with Crippen molar-refractivity contribution in [3.05, 3.63) is 53.1 Å². The highest BCUT2D eigenvalue weighted by molar-refractivity contribution is 7.80. The molecule has 2 aromatic carbocycles. The second kappa shape index (κ2) is 7.80. The third-order valence-electron chi connectivity index (χ3n) is 2.98. The van der Waals surface area contributed by atoms with Crippen LogP contribution in [0.25, 0.3) is 0 Å². The molecular formula is C16H15ClN2O3S. The van der Waals surface area contributed by atoms with Gasteiger partial charge in [-0.3, -0.25) is 4.79 Å². The molecule has 0 spiro atoms. The molecule has 5 nitrogen and oxygen atoms in total. The van der Waals surface area contributed by atoms with E-state index in [0.29, 0.717) is 10.7 Å². The Morgan fingerprint density at radius 1 is 1.26 bits per heavy atom. The lowest BCUT2D eigenvalue weighted by Crippen LogP contribution is -2.35. The van der Waals surface area contributed by atoms with Gasteiger partial charge in [0.25, 0.3) is 0 Å². The molecule has 3 N–H and O–H groups in total. The highest BCUT2D eigenvalue weighted by Gasteiger charge is 2.09. The predicted molar refractivity (Wildman–Crippen MR) is 94.2 cm³/mol. The molecule has 0 aliphatic rings. The maximum absolute atomic E-state index is 12.0. The van der Waals surface area contributed by atoms with E-state index in [1.54, 1.807) is 37.4 Å². The number of hydrogen-bond donors (Lipinski definition) is 3. The van der Waals surface area contributed by atoms with Crippen LogP contribution < -0.4 is 15.4 Å². The van der Waals surface area contributed by atoms with Crippen molar-refractivity contribution in [1.29, 1.82) is 0 Å². The summed E-state index contributed by atoms with van der Waals surface area (Å²) in [5.41, 5.74) is 1.16. The minimum Gasteiger partial charge on any atom is -0.506 e. The van der Waals surface area contributed by atoms with Crippen molar-refractivity contribution in [2.75, 3.05) is 12.4 Å². The summed E-state index contributed by atoms with van der Waals surface area (Å²) >= 11 is 10.9. The molecule has 7 heteroatoms. The number of phenolic OH excluding ortho intramolecular Hbond substituents is 1. The van der Waals surface area contributed by atoms with Gasteiger partial charge in [0, 0.05) is 5.02 Å². The van der Waals surface area contributed by atoms with Gasteiger partial charge in [0.1, 0.15) is 11.5 Å². The van der Waals surface area contributed by atoms with Crippen LogP contribution in [0.2, 0.25) is 5.02 Å². The van der Waals surface area contributed by atoms with E-state index in [4.69, 9.17) is 28.6 Å². The number of halogens is 1. The Hall–Kier alpha value is -2.31. The van der Waals surface area contributed by atoms with Gasteiger partial charge in [0.15, 0.2) is 5.11 Å². The first-order valence-corrected chi connectivity index (χ1v) is 7.49. The second-order valence-electron chi connectivity index (χ2n) is 4.69. The first-order valence-electron chi connectivity index (χ1n) is 6.70. The number of carbonyl (C=O) groups excluding carboxylic acids is 1. The van der Waals surface area contributed by atoms with Crippen LogP contribution >= 0.6 is 23.8 Å². The van der Waals surface area contributed by atoms with Crippen LogP contribution in [-0.4, -0.2) is 23.2 Å². The summed E-state index contributed by atoms with van der Waals surface area (Å²) in [6, 6.07) is 11.7. The van der Waals surface area contributed by atoms with E-state index in [2.05, 4.69) is 10.6 Å². The Morgan fingerprint density at radius 2 is 1.96 bits per heavy atom. The molecule has 0 atom stereocenters. The van der Waals surface area contributed by atoms with E-state index in [1.807, 2.05) is 0 Å². The Morgan fingerprint density at radius 3 is 2.61 bits per heavy atom. The summed E-state index contributed by atoms with van der Waals surface area (Å²) < 4.78 is 5.06. The standard InChI is InChI=1S/C16H15ClN2O3S/c1-22-12-5-2-10(3-6-12)8-15(21)19-16(23)18-13-9-11(17)4-7-14(13)20/h2-7,9,20H,8H2,1H3,(H2,18,19,21,23). The number of phenols is 1. The van der Waals surface area contributed by atoms with Crippen LogP contribution in [0.3, 0.4) is 0 Å². The van der Waals surface area contributed by atoms with Crippen molar-refractivity contribution in [1.82, 2.24) is 5.32 Å². The van der Waals surface area contributed by atoms with Gasteiger partial charge in [-0.1, -0.05) is 23.7 Å². The molecule has 23 heavy (non-hydrogen) atoms. The number of amides is 1.